The number of aromatic nitrogens is 4. The monoisotopic (exact) mass is 456 g/mol. The summed E-state index contributed by atoms with van der Waals surface area (Å²) in [6, 6.07) is 4.58. The van der Waals surface area contributed by atoms with Gasteiger partial charge in [-0.1, -0.05) is 6.07 Å². The molecule has 0 fully saturated rings. The summed E-state index contributed by atoms with van der Waals surface area (Å²) >= 11 is 0. The molecule has 1 aliphatic heterocycles. The third kappa shape index (κ3) is 3.44. The number of rotatable bonds is 2. The second-order valence-corrected chi connectivity index (χ2v) is 7.97. The highest BCUT2D eigenvalue weighted by molar-refractivity contribution is 6.09. The summed E-state index contributed by atoms with van der Waals surface area (Å²) < 4.78 is 46.5. The van der Waals surface area contributed by atoms with E-state index >= 15 is 0 Å². The van der Waals surface area contributed by atoms with E-state index in [0.29, 0.717) is 33.2 Å². The molecule has 11 heteroatoms. The van der Waals surface area contributed by atoms with Crippen molar-refractivity contribution in [1.29, 1.82) is 0 Å². The van der Waals surface area contributed by atoms with E-state index in [0.717, 1.165) is 17.6 Å². The van der Waals surface area contributed by atoms with Crippen LogP contribution >= 0.6 is 0 Å². The minimum Gasteiger partial charge on any atom is -0.383 e. The number of fused-ring (bicyclic) bond motifs is 4. The highest BCUT2D eigenvalue weighted by Gasteiger charge is 2.34. The van der Waals surface area contributed by atoms with Gasteiger partial charge in [0.1, 0.15) is 11.5 Å². The lowest BCUT2D eigenvalue weighted by Crippen LogP contribution is -2.36. The molecule has 0 unspecified atom stereocenters. The molecular formula is C22H19F3N6O2. The molecule has 4 aromatic rings. The molecule has 1 atom stereocenters. The third-order valence-corrected chi connectivity index (χ3v) is 5.96. The van der Waals surface area contributed by atoms with Gasteiger partial charge in [-0.25, -0.2) is 9.97 Å². The molecule has 5 rings (SSSR count). The second-order valence-electron chi connectivity index (χ2n) is 7.97. The second kappa shape index (κ2) is 7.41. The van der Waals surface area contributed by atoms with Crippen LogP contribution < -0.4 is 5.73 Å². The highest BCUT2D eigenvalue weighted by Crippen LogP contribution is 2.36. The van der Waals surface area contributed by atoms with Crippen LogP contribution in [0, 0.1) is 0 Å². The number of carbonyl (C=O) groups is 1. The van der Waals surface area contributed by atoms with Crippen LogP contribution in [0.3, 0.4) is 0 Å². The number of hydrogen-bond acceptors (Lipinski definition) is 6. The van der Waals surface area contributed by atoms with Crippen molar-refractivity contribution in [3.05, 3.63) is 59.0 Å². The number of nitrogens with zero attached hydrogens (tertiary/aromatic N) is 5. The predicted octanol–water partition coefficient (Wildman–Crippen LogP) is 3.46. The first-order valence-electron chi connectivity index (χ1n) is 10.1. The smallest absolute Gasteiger partial charge is 0.383 e. The molecule has 2 N–H and O–H groups in total. The zero-order chi connectivity index (χ0) is 23.5. The number of aryl methyl sites for hydroxylation is 1. The van der Waals surface area contributed by atoms with Crippen LogP contribution in [0.5, 0.6) is 0 Å². The molecular weight excluding hydrogens is 437 g/mol. The first kappa shape index (κ1) is 21.1. The summed E-state index contributed by atoms with van der Waals surface area (Å²) in [7, 11) is 3.34. The highest BCUT2D eigenvalue weighted by atomic mass is 19.4. The van der Waals surface area contributed by atoms with Gasteiger partial charge in [-0.2, -0.15) is 18.3 Å². The van der Waals surface area contributed by atoms with Gasteiger partial charge in [-0.05, 0) is 29.3 Å². The van der Waals surface area contributed by atoms with Gasteiger partial charge in [-0.15, -0.1) is 0 Å². The van der Waals surface area contributed by atoms with Crippen LogP contribution in [0.1, 0.15) is 33.2 Å². The van der Waals surface area contributed by atoms with Gasteiger partial charge in [0.25, 0.3) is 5.91 Å². The van der Waals surface area contributed by atoms with Gasteiger partial charge in [-0.3, -0.25) is 9.48 Å². The molecule has 170 valence electrons. The topological polar surface area (TPSA) is 99.2 Å². The van der Waals surface area contributed by atoms with Gasteiger partial charge >= 0.3 is 6.18 Å². The lowest BCUT2D eigenvalue weighted by atomic mass is 9.95. The van der Waals surface area contributed by atoms with Crippen LogP contribution in [0.25, 0.3) is 21.8 Å². The number of anilines is 1. The Morgan fingerprint density at radius 2 is 2.03 bits per heavy atom. The van der Waals surface area contributed by atoms with Crippen molar-refractivity contribution in [1.82, 2.24) is 24.6 Å². The van der Waals surface area contributed by atoms with Gasteiger partial charge in [0.2, 0.25) is 0 Å². The van der Waals surface area contributed by atoms with Crippen molar-refractivity contribution in [3.63, 3.8) is 0 Å². The van der Waals surface area contributed by atoms with Crippen LogP contribution in [0.15, 0.2) is 36.7 Å². The fraction of sp³-hybridized carbons (Fsp3) is 0.273. The first-order chi connectivity index (χ1) is 15.6. The quantitative estimate of drug-likeness (QED) is 0.496. The summed E-state index contributed by atoms with van der Waals surface area (Å²) in [6.45, 7) is 0.218. The minimum atomic E-state index is -4.45. The van der Waals surface area contributed by atoms with E-state index in [9.17, 15) is 18.0 Å². The average Bonchev–Trinajstić information content (AvgIpc) is 3.19. The third-order valence-electron chi connectivity index (χ3n) is 5.96. The van der Waals surface area contributed by atoms with E-state index in [-0.39, 0.29) is 18.9 Å². The molecule has 0 radical (unpaired) electrons. The van der Waals surface area contributed by atoms with E-state index in [2.05, 4.69) is 15.1 Å². The Bertz CT molecular complexity index is 1420. The molecule has 0 bridgehead atoms. The molecule has 1 amide bonds. The largest absolute Gasteiger partial charge is 0.416 e. The van der Waals surface area contributed by atoms with E-state index in [1.54, 1.807) is 31.0 Å². The van der Waals surface area contributed by atoms with Crippen LogP contribution in [0.2, 0.25) is 0 Å². The van der Waals surface area contributed by atoms with Gasteiger partial charge in [0, 0.05) is 19.5 Å². The average molecular weight is 456 g/mol. The van der Waals surface area contributed by atoms with Crippen LogP contribution in [-0.4, -0.2) is 44.2 Å². The lowest BCUT2D eigenvalue weighted by molar-refractivity contribution is -0.137. The molecule has 33 heavy (non-hydrogen) atoms. The molecule has 0 spiro atoms. The Balaban J connectivity index is 1.52. The summed E-state index contributed by atoms with van der Waals surface area (Å²) in [6.07, 6.45) is -1.37. The van der Waals surface area contributed by atoms with Crippen LogP contribution in [0.4, 0.5) is 19.0 Å². The predicted molar refractivity (Wildman–Crippen MR) is 114 cm³/mol. The van der Waals surface area contributed by atoms with Crippen molar-refractivity contribution in [2.45, 2.75) is 18.8 Å². The van der Waals surface area contributed by atoms with Crippen molar-refractivity contribution in [2.75, 3.05) is 19.4 Å². The van der Waals surface area contributed by atoms with E-state index in [1.165, 1.54) is 17.2 Å². The Morgan fingerprint density at radius 3 is 2.79 bits per heavy atom. The van der Waals surface area contributed by atoms with E-state index in [1.807, 2.05) is 0 Å². The Labute approximate surface area is 185 Å². The summed E-state index contributed by atoms with van der Waals surface area (Å²) in [5, 5.41) is 5.56. The number of alkyl halides is 3. The minimum absolute atomic E-state index is 0.0531. The molecule has 0 saturated carbocycles. The lowest BCUT2D eigenvalue weighted by Gasteiger charge is -2.33. The van der Waals surface area contributed by atoms with Gasteiger partial charge in [0.15, 0.2) is 0 Å². The van der Waals surface area contributed by atoms with Crippen molar-refractivity contribution in [2.24, 2.45) is 7.05 Å². The zero-order valence-corrected chi connectivity index (χ0v) is 17.7. The maximum Gasteiger partial charge on any atom is 0.416 e. The Kier molecular flexibility index (Phi) is 4.74. The van der Waals surface area contributed by atoms with Crippen LogP contribution in [-0.2, 0) is 24.6 Å². The number of nitrogens with two attached hydrogens (primary N) is 1. The van der Waals surface area contributed by atoms with Gasteiger partial charge < -0.3 is 15.4 Å². The molecule has 1 aromatic carbocycles. The first-order valence-corrected chi connectivity index (χ1v) is 10.1. The number of hydrogen-bond donors (Lipinski definition) is 1. The van der Waals surface area contributed by atoms with Crippen molar-refractivity contribution >= 4 is 33.5 Å². The number of halogens is 3. The summed E-state index contributed by atoms with van der Waals surface area (Å²) in [5.74, 6) is -0.0804. The van der Waals surface area contributed by atoms with E-state index in [4.69, 9.17) is 10.5 Å². The molecule has 8 nitrogen and oxygen atoms in total. The number of carbonyl (C=O) groups excluding carboxylic acids is 1. The molecule has 0 saturated heterocycles. The fourth-order valence-corrected chi connectivity index (χ4v) is 4.22. The molecule has 4 heterocycles. The van der Waals surface area contributed by atoms with Crippen molar-refractivity contribution in [3.8, 4) is 0 Å². The SMILES string of the molecule is CN(C(=O)c1cc2c(cn1)nc(N)c1cnn(C)c12)[C@@H]1COCc2cc(C(F)(F)F)ccc21. The zero-order valence-electron chi connectivity index (χ0n) is 17.7. The summed E-state index contributed by atoms with van der Waals surface area (Å²) in [4.78, 5) is 23.3. The summed E-state index contributed by atoms with van der Waals surface area (Å²) in [5.41, 5.74) is 7.70. The maximum absolute atomic E-state index is 13.3. The Morgan fingerprint density at radius 1 is 1.24 bits per heavy atom. The number of amides is 1. The number of ether oxygens (including phenoxy) is 1. The Hall–Kier alpha value is -3.73. The van der Waals surface area contributed by atoms with Crippen molar-refractivity contribution < 1.29 is 22.7 Å². The number of nitrogen functional groups attached to an aromatic ring is 1. The number of likely N-dealkylation sites (N-methyl/N-ethyl adjacent to an activating group) is 1. The number of pyridine rings is 2. The standard InChI is InChI=1S/C22H19F3N6O2/c1-30(18-10-33-9-11-5-12(22(23,24)25)3-4-13(11)18)21(32)16-6-14-17(8-27-16)29-20(26)15-7-28-31(2)19(14)15/h3-8,18H,9-10H2,1-2H3,(H2,26,29)/t18-/m1/s1. The fourth-order valence-electron chi connectivity index (χ4n) is 4.22. The molecule has 3 aromatic heterocycles. The molecule has 1 aliphatic rings. The number of benzene rings is 1. The normalized spacial score (nSPS) is 16.2. The van der Waals surface area contributed by atoms with E-state index < -0.39 is 23.7 Å². The van der Waals surface area contributed by atoms with Gasteiger partial charge in [0.05, 0.1) is 53.6 Å². The molecule has 0 aliphatic carbocycles. The maximum atomic E-state index is 13.3.